The van der Waals surface area contributed by atoms with E-state index in [1.807, 2.05) is 44.4 Å². The molecule has 0 radical (unpaired) electrons. The number of para-hydroxylation sites is 1. The average Bonchev–Trinajstić information content (AvgIpc) is 2.37. The van der Waals surface area contributed by atoms with Crippen LogP contribution in [-0.2, 0) is 6.54 Å². The van der Waals surface area contributed by atoms with Gasteiger partial charge in [-0.25, -0.2) is 4.98 Å². The highest BCUT2D eigenvalue weighted by Crippen LogP contribution is 2.21. The summed E-state index contributed by atoms with van der Waals surface area (Å²) in [6.45, 7) is 1.92. The summed E-state index contributed by atoms with van der Waals surface area (Å²) in [7, 11) is 4.03. The molecule has 0 spiro atoms. The van der Waals surface area contributed by atoms with E-state index in [2.05, 4.69) is 9.88 Å². The molecule has 0 aliphatic carbocycles. The zero-order valence-corrected chi connectivity index (χ0v) is 10.9. The number of ether oxygens (including phenoxy) is 1. The Morgan fingerprint density at radius 3 is 2.78 bits per heavy atom. The molecule has 0 unspecified atom stereocenters. The van der Waals surface area contributed by atoms with Crippen LogP contribution in [0.3, 0.4) is 0 Å². The molecular formula is C14H19N3O. The fourth-order valence-electron chi connectivity index (χ4n) is 1.74. The van der Waals surface area contributed by atoms with Crippen LogP contribution in [0.25, 0.3) is 10.9 Å². The van der Waals surface area contributed by atoms with Gasteiger partial charge in [-0.2, -0.15) is 0 Å². The van der Waals surface area contributed by atoms with Crippen molar-refractivity contribution in [2.45, 2.75) is 6.54 Å². The van der Waals surface area contributed by atoms with Gasteiger partial charge in [0.15, 0.2) is 0 Å². The molecule has 0 bridgehead atoms. The predicted octanol–water partition coefficient (Wildman–Crippen LogP) is 1.63. The van der Waals surface area contributed by atoms with E-state index in [0.29, 0.717) is 19.0 Å². The van der Waals surface area contributed by atoms with Gasteiger partial charge in [0.05, 0.1) is 5.52 Å². The van der Waals surface area contributed by atoms with Crippen molar-refractivity contribution in [1.29, 1.82) is 0 Å². The molecule has 1 heterocycles. The first-order chi connectivity index (χ1) is 8.70. The van der Waals surface area contributed by atoms with Crippen molar-refractivity contribution in [1.82, 2.24) is 9.88 Å². The maximum absolute atomic E-state index is 5.74. The van der Waals surface area contributed by atoms with Crippen LogP contribution in [0.1, 0.15) is 5.56 Å². The van der Waals surface area contributed by atoms with Gasteiger partial charge < -0.3 is 15.4 Å². The lowest BCUT2D eigenvalue weighted by molar-refractivity contribution is 0.252. The topological polar surface area (TPSA) is 51.4 Å². The van der Waals surface area contributed by atoms with Crippen molar-refractivity contribution >= 4 is 10.9 Å². The molecular weight excluding hydrogens is 226 g/mol. The van der Waals surface area contributed by atoms with E-state index in [1.165, 1.54) is 0 Å². The number of benzene rings is 1. The van der Waals surface area contributed by atoms with Crippen LogP contribution in [0.5, 0.6) is 5.88 Å². The summed E-state index contributed by atoms with van der Waals surface area (Å²) >= 11 is 0. The molecule has 2 N–H and O–H groups in total. The molecule has 0 fully saturated rings. The summed E-state index contributed by atoms with van der Waals surface area (Å²) in [6, 6.07) is 10.0. The van der Waals surface area contributed by atoms with Crippen LogP contribution >= 0.6 is 0 Å². The zero-order chi connectivity index (χ0) is 13.0. The number of hydrogen-bond acceptors (Lipinski definition) is 4. The summed E-state index contributed by atoms with van der Waals surface area (Å²) in [6.07, 6.45) is 0. The second-order valence-electron chi connectivity index (χ2n) is 4.50. The van der Waals surface area contributed by atoms with Crippen molar-refractivity contribution in [3.05, 3.63) is 35.9 Å². The second kappa shape index (κ2) is 5.80. The number of pyridine rings is 1. The molecule has 0 atom stereocenters. The summed E-state index contributed by atoms with van der Waals surface area (Å²) < 4.78 is 5.71. The summed E-state index contributed by atoms with van der Waals surface area (Å²) in [5, 5.41) is 1.10. The molecule has 1 aromatic carbocycles. The number of nitrogens with two attached hydrogens (primary N) is 1. The third-order valence-electron chi connectivity index (χ3n) is 2.76. The van der Waals surface area contributed by atoms with Crippen molar-refractivity contribution in [2.75, 3.05) is 27.2 Å². The second-order valence-corrected chi connectivity index (χ2v) is 4.50. The molecule has 1 aromatic heterocycles. The fourth-order valence-corrected chi connectivity index (χ4v) is 1.74. The number of nitrogens with zero attached hydrogens (tertiary/aromatic N) is 2. The number of likely N-dealkylation sites (N-methyl/N-ethyl adjacent to an activating group) is 1. The molecule has 0 amide bonds. The van der Waals surface area contributed by atoms with Gasteiger partial charge in [0.1, 0.15) is 6.61 Å². The molecule has 0 saturated carbocycles. The minimum Gasteiger partial charge on any atom is -0.476 e. The molecule has 0 saturated heterocycles. The molecule has 0 aliphatic rings. The first-order valence-corrected chi connectivity index (χ1v) is 6.07. The Labute approximate surface area is 107 Å². The molecule has 96 valence electrons. The monoisotopic (exact) mass is 245 g/mol. The highest BCUT2D eigenvalue weighted by Gasteiger charge is 2.06. The van der Waals surface area contributed by atoms with Crippen LogP contribution < -0.4 is 10.5 Å². The van der Waals surface area contributed by atoms with Crippen molar-refractivity contribution in [3.63, 3.8) is 0 Å². The minimum absolute atomic E-state index is 0.440. The Balaban J connectivity index is 2.24. The lowest BCUT2D eigenvalue weighted by Crippen LogP contribution is -2.20. The standard InChI is InChI=1S/C14H19N3O/c1-17(2)7-8-18-14-12(10-15)9-11-5-3-4-6-13(11)16-14/h3-6,9H,7-8,10,15H2,1-2H3. The lowest BCUT2D eigenvalue weighted by atomic mass is 10.1. The predicted molar refractivity (Wildman–Crippen MR) is 73.7 cm³/mol. The summed E-state index contributed by atoms with van der Waals surface area (Å²) in [5.74, 6) is 0.651. The Morgan fingerprint density at radius 2 is 2.06 bits per heavy atom. The normalized spacial score (nSPS) is 11.1. The van der Waals surface area contributed by atoms with Crippen molar-refractivity contribution in [3.8, 4) is 5.88 Å². The van der Waals surface area contributed by atoms with Crippen LogP contribution in [0, 0.1) is 0 Å². The average molecular weight is 245 g/mol. The van der Waals surface area contributed by atoms with Gasteiger partial charge in [-0.05, 0) is 26.2 Å². The lowest BCUT2D eigenvalue weighted by Gasteiger charge is -2.13. The quantitative estimate of drug-likeness (QED) is 0.870. The van der Waals surface area contributed by atoms with Crippen LogP contribution in [0.4, 0.5) is 0 Å². The van der Waals surface area contributed by atoms with Gasteiger partial charge in [0, 0.05) is 24.0 Å². The van der Waals surface area contributed by atoms with Gasteiger partial charge in [-0.3, -0.25) is 0 Å². The highest BCUT2D eigenvalue weighted by molar-refractivity contribution is 5.79. The third-order valence-corrected chi connectivity index (χ3v) is 2.76. The molecule has 18 heavy (non-hydrogen) atoms. The van der Waals surface area contributed by atoms with E-state index in [-0.39, 0.29) is 0 Å². The van der Waals surface area contributed by atoms with E-state index in [0.717, 1.165) is 23.0 Å². The van der Waals surface area contributed by atoms with Crippen LogP contribution in [0.2, 0.25) is 0 Å². The van der Waals surface area contributed by atoms with Gasteiger partial charge in [-0.15, -0.1) is 0 Å². The first kappa shape index (κ1) is 12.8. The Kier molecular flexibility index (Phi) is 4.12. The Hall–Kier alpha value is -1.65. The maximum atomic E-state index is 5.74. The SMILES string of the molecule is CN(C)CCOc1nc2ccccc2cc1CN. The fraction of sp³-hybridized carbons (Fsp3) is 0.357. The smallest absolute Gasteiger partial charge is 0.218 e. The Bertz CT molecular complexity index is 525. The van der Waals surface area contributed by atoms with Crippen molar-refractivity contribution < 1.29 is 4.74 Å². The number of fused-ring (bicyclic) bond motifs is 1. The van der Waals surface area contributed by atoms with Gasteiger partial charge >= 0.3 is 0 Å². The third kappa shape index (κ3) is 2.97. The number of aromatic nitrogens is 1. The van der Waals surface area contributed by atoms with Crippen LogP contribution in [-0.4, -0.2) is 37.1 Å². The Morgan fingerprint density at radius 1 is 1.28 bits per heavy atom. The number of hydrogen-bond donors (Lipinski definition) is 1. The minimum atomic E-state index is 0.440. The highest BCUT2D eigenvalue weighted by atomic mass is 16.5. The zero-order valence-electron chi connectivity index (χ0n) is 10.9. The van der Waals surface area contributed by atoms with Crippen molar-refractivity contribution in [2.24, 2.45) is 5.73 Å². The molecule has 2 aromatic rings. The van der Waals surface area contributed by atoms with E-state index in [9.17, 15) is 0 Å². The number of rotatable bonds is 5. The van der Waals surface area contributed by atoms with Gasteiger partial charge in [0.25, 0.3) is 0 Å². The maximum Gasteiger partial charge on any atom is 0.218 e. The van der Waals surface area contributed by atoms with Crippen LogP contribution in [0.15, 0.2) is 30.3 Å². The molecule has 4 heteroatoms. The van der Waals surface area contributed by atoms with E-state index in [4.69, 9.17) is 10.5 Å². The molecule has 0 aliphatic heterocycles. The molecule has 2 rings (SSSR count). The summed E-state index contributed by atoms with van der Waals surface area (Å²) in [4.78, 5) is 6.59. The largest absolute Gasteiger partial charge is 0.476 e. The molecule has 4 nitrogen and oxygen atoms in total. The van der Waals surface area contributed by atoms with Gasteiger partial charge in [0.2, 0.25) is 5.88 Å². The van der Waals surface area contributed by atoms with E-state index >= 15 is 0 Å². The summed E-state index contributed by atoms with van der Waals surface area (Å²) in [5.41, 5.74) is 7.63. The van der Waals surface area contributed by atoms with Gasteiger partial charge in [-0.1, -0.05) is 18.2 Å². The van der Waals surface area contributed by atoms with E-state index < -0.39 is 0 Å². The first-order valence-electron chi connectivity index (χ1n) is 6.07. The van der Waals surface area contributed by atoms with E-state index in [1.54, 1.807) is 0 Å².